The second-order valence-electron chi connectivity index (χ2n) is 12.5. The second kappa shape index (κ2) is 12.7. The predicted octanol–water partition coefficient (Wildman–Crippen LogP) is 12.6. The van der Waals surface area contributed by atoms with E-state index in [4.69, 9.17) is 4.98 Å². The standard InChI is InChI=1S/C47H33N3/c1-4-12-37(13-5-1)45-30-26-38(33-48-45)36-22-20-34(21-23-36)35-24-27-41(28-25-35)50-46-19-11-10-18-43(46)44-32-42(29-31-47(44)50)49(39-14-6-2-7-15-39)40-16-8-3-9-17-40/h1-33H. The Bertz CT molecular complexity index is 2500. The van der Waals surface area contributed by atoms with Crippen LogP contribution in [0.2, 0.25) is 0 Å². The first-order valence-corrected chi connectivity index (χ1v) is 17.0. The van der Waals surface area contributed by atoms with Crippen LogP contribution in [0.25, 0.3) is 61.0 Å². The second-order valence-corrected chi connectivity index (χ2v) is 12.5. The van der Waals surface area contributed by atoms with Gasteiger partial charge in [-0.1, -0.05) is 127 Å². The maximum atomic E-state index is 4.72. The molecule has 0 unspecified atom stereocenters. The van der Waals surface area contributed by atoms with Crippen LogP contribution in [0, 0.1) is 0 Å². The highest BCUT2D eigenvalue weighted by molar-refractivity contribution is 6.10. The van der Waals surface area contributed by atoms with E-state index in [1.807, 2.05) is 24.4 Å². The fourth-order valence-electron chi connectivity index (χ4n) is 6.98. The van der Waals surface area contributed by atoms with Crippen molar-refractivity contribution >= 4 is 38.9 Å². The molecule has 7 aromatic carbocycles. The lowest BCUT2D eigenvalue weighted by atomic mass is 10.0. The van der Waals surface area contributed by atoms with Gasteiger partial charge in [-0.05, 0) is 83.4 Å². The van der Waals surface area contributed by atoms with E-state index in [0.29, 0.717) is 0 Å². The number of pyridine rings is 1. The zero-order valence-corrected chi connectivity index (χ0v) is 27.4. The number of benzene rings is 7. The van der Waals surface area contributed by atoms with Crippen molar-refractivity contribution < 1.29 is 0 Å². The molecule has 3 heteroatoms. The summed E-state index contributed by atoms with van der Waals surface area (Å²) in [5.41, 5.74) is 13.6. The molecule has 0 spiro atoms. The molecule has 0 saturated carbocycles. The third kappa shape index (κ3) is 5.41. The van der Waals surface area contributed by atoms with Crippen LogP contribution in [0.4, 0.5) is 17.1 Å². The molecule has 0 atom stereocenters. The van der Waals surface area contributed by atoms with Gasteiger partial charge in [0.05, 0.1) is 16.7 Å². The highest BCUT2D eigenvalue weighted by Crippen LogP contribution is 2.39. The Labute approximate surface area is 292 Å². The molecule has 0 saturated heterocycles. The number of aromatic nitrogens is 2. The highest BCUT2D eigenvalue weighted by Gasteiger charge is 2.17. The number of fused-ring (bicyclic) bond motifs is 3. The third-order valence-corrected chi connectivity index (χ3v) is 9.45. The Kier molecular flexibility index (Phi) is 7.49. The van der Waals surface area contributed by atoms with Crippen LogP contribution in [0.1, 0.15) is 0 Å². The van der Waals surface area contributed by atoms with E-state index in [9.17, 15) is 0 Å². The van der Waals surface area contributed by atoms with Crippen LogP contribution in [0.15, 0.2) is 200 Å². The fourth-order valence-corrected chi connectivity index (χ4v) is 6.98. The predicted molar refractivity (Wildman–Crippen MR) is 210 cm³/mol. The van der Waals surface area contributed by atoms with Gasteiger partial charge < -0.3 is 9.47 Å². The topological polar surface area (TPSA) is 21.1 Å². The molecule has 2 aromatic heterocycles. The van der Waals surface area contributed by atoms with Crippen molar-refractivity contribution in [3.05, 3.63) is 200 Å². The van der Waals surface area contributed by atoms with Gasteiger partial charge >= 0.3 is 0 Å². The molecule has 0 fully saturated rings. The van der Waals surface area contributed by atoms with Crippen LogP contribution in [-0.4, -0.2) is 9.55 Å². The van der Waals surface area contributed by atoms with Crippen molar-refractivity contribution in [1.82, 2.24) is 9.55 Å². The molecule has 50 heavy (non-hydrogen) atoms. The quantitative estimate of drug-likeness (QED) is 0.173. The van der Waals surface area contributed by atoms with Crippen LogP contribution in [0.3, 0.4) is 0 Å². The molecule has 9 aromatic rings. The molecule has 0 N–H and O–H groups in total. The summed E-state index contributed by atoms with van der Waals surface area (Å²) in [6, 6.07) is 68.9. The summed E-state index contributed by atoms with van der Waals surface area (Å²) < 4.78 is 2.38. The first-order chi connectivity index (χ1) is 24.8. The first kappa shape index (κ1) is 29.4. The zero-order chi connectivity index (χ0) is 33.3. The van der Waals surface area contributed by atoms with Crippen molar-refractivity contribution in [2.45, 2.75) is 0 Å². The molecule has 0 bridgehead atoms. The van der Waals surface area contributed by atoms with Crippen LogP contribution in [-0.2, 0) is 0 Å². The molecule has 0 aliphatic heterocycles. The minimum atomic E-state index is 0.982. The molecular weight excluding hydrogens is 607 g/mol. The number of nitrogens with zero attached hydrogens (tertiary/aromatic N) is 3. The van der Waals surface area contributed by atoms with Gasteiger partial charge in [-0.25, -0.2) is 0 Å². The van der Waals surface area contributed by atoms with Crippen molar-refractivity contribution in [2.75, 3.05) is 4.90 Å². The van der Waals surface area contributed by atoms with Crippen molar-refractivity contribution in [2.24, 2.45) is 0 Å². The van der Waals surface area contributed by atoms with E-state index < -0.39 is 0 Å². The Morgan fingerprint density at radius 3 is 1.50 bits per heavy atom. The summed E-state index contributed by atoms with van der Waals surface area (Å²) in [4.78, 5) is 7.04. The number of rotatable bonds is 7. The average molecular weight is 640 g/mol. The lowest BCUT2D eigenvalue weighted by Crippen LogP contribution is -2.09. The average Bonchev–Trinajstić information content (AvgIpc) is 3.53. The molecule has 0 radical (unpaired) electrons. The van der Waals surface area contributed by atoms with E-state index in [2.05, 4.69) is 185 Å². The minimum absolute atomic E-state index is 0.982. The van der Waals surface area contributed by atoms with Crippen molar-refractivity contribution in [1.29, 1.82) is 0 Å². The van der Waals surface area contributed by atoms with Gasteiger partial charge in [-0.2, -0.15) is 0 Å². The van der Waals surface area contributed by atoms with Crippen molar-refractivity contribution in [3.63, 3.8) is 0 Å². The Balaban J connectivity index is 1.04. The minimum Gasteiger partial charge on any atom is -0.310 e. The smallest absolute Gasteiger partial charge is 0.0702 e. The summed E-state index contributed by atoms with van der Waals surface area (Å²) >= 11 is 0. The van der Waals surface area contributed by atoms with E-state index in [1.54, 1.807) is 0 Å². The Hall–Kier alpha value is -6.71. The number of hydrogen-bond donors (Lipinski definition) is 0. The highest BCUT2D eigenvalue weighted by atomic mass is 15.1. The third-order valence-electron chi connectivity index (χ3n) is 9.45. The Morgan fingerprint density at radius 2 is 0.880 bits per heavy atom. The SMILES string of the molecule is c1ccc(-c2ccc(-c3ccc(-c4ccc(-n5c6ccccc6c6cc(N(c7ccccc7)c7ccccc7)ccc65)cc4)cc3)cn2)cc1. The lowest BCUT2D eigenvalue weighted by molar-refractivity contribution is 1.18. The van der Waals surface area contributed by atoms with Gasteiger partial charge in [-0.3, -0.25) is 4.98 Å². The zero-order valence-electron chi connectivity index (χ0n) is 27.4. The summed E-state index contributed by atoms with van der Waals surface area (Å²) in [6.45, 7) is 0. The summed E-state index contributed by atoms with van der Waals surface area (Å²) in [5, 5.41) is 2.46. The summed E-state index contributed by atoms with van der Waals surface area (Å²) in [6.07, 6.45) is 1.96. The van der Waals surface area contributed by atoms with Gasteiger partial charge in [0.2, 0.25) is 0 Å². The molecule has 0 aliphatic rings. The van der Waals surface area contributed by atoms with E-state index in [0.717, 1.165) is 45.1 Å². The molecule has 236 valence electrons. The van der Waals surface area contributed by atoms with Gasteiger partial charge in [0.1, 0.15) is 0 Å². The number of para-hydroxylation sites is 3. The lowest BCUT2D eigenvalue weighted by Gasteiger charge is -2.25. The first-order valence-electron chi connectivity index (χ1n) is 17.0. The monoisotopic (exact) mass is 639 g/mol. The van der Waals surface area contributed by atoms with E-state index in [-0.39, 0.29) is 0 Å². The molecule has 3 nitrogen and oxygen atoms in total. The largest absolute Gasteiger partial charge is 0.310 e. The van der Waals surface area contributed by atoms with Crippen LogP contribution in [0.5, 0.6) is 0 Å². The van der Waals surface area contributed by atoms with Crippen LogP contribution >= 0.6 is 0 Å². The van der Waals surface area contributed by atoms with E-state index >= 15 is 0 Å². The van der Waals surface area contributed by atoms with E-state index in [1.165, 1.54) is 32.9 Å². The fraction of sp³-hybridized carbons (Fsp3) is 0. The van der Waals surface area contributed by atoms with Gasteiger partial charge in [-0.15, -0.1) is 0 Å². The van der Waals surface area contributed by atoms with Gasteiger partial charge in [0.25, 0.3) is 0 Å². The maximum absolute atomic E-state index is 4.72. The summed E-state index contributed by atoms with van der Waals surface area (Å²) in [7, 11) is 0. The van der Waals surface area contributed by atoms with Crippen LogP contribution < -0.4 is 4.90 Å². The Morgan fingerprint density at radius 1 is 0.360 bits per heavy atom. The number of anilines is 3. The van der Waals surface area contributed by atoms with Crippen molar-refractivity contribution in [3.8, 4) is 39.2 Å². The molecule has 2 heterocycles. The number of hydrogen-bond acceptors (Lipinski definition) is 2. The van der Waals surface area contributed by atoms with Gasteiger partial charge in [0.15, 0.2) is 0 Å². The molecule has 0 aliphatic carbocycles. The normalized spacial score (nSPS) is 11.2. The summed E-state index contributed by atoms with van der Waals surface area (Å²) in [5.74, 6) is 0. The molecule has 9 rings (SSSR count). The van der Waals surface area contributed by atoms with Gasteiger partial charge in [0, 0.05) is 50.8 Å². The molecular formula is C47H33N3. The molecule has 0 amide bonds. The maximum Gasteiger partial charge on any atom is 0.0702 e.